The Labute approximate surface area is 147 Å². The summed E-state index contributed by atoms with van der Waals surface area (Å²) in [6.07, 6.45) is 5.88. The van der Waals surface area contributed by atoms with Crippen LogP contribution >= 0.6 is 11.8 Å². The summed E-state index contributed by atoms with van der Waals surface area (Å²) in [7, 11) is 0. The maximum absolute atomic E-state index is 14.2. The second-order valence-electron chi connectivity index (χ2n) is 5.15. The van der Waals surface area contributed by atoms with Crippen molar-refractivity contribution >= 4 is 17.4 Å². The normalized spacial score (nSPS) is 10.8. The molecule has 3 rings (SSSR count). The number of nitrogens with zero attached hydrogens (tertiary/aromatic N) is 5. The average molecular weight is 359 g/mol. The fourth-order valence-corrected chi connectivity index (χ4v) is 2.67. The van der Waals surface area contributed by atoms with Crippen molar-refractivity contribution < 1.29 is 9.31 Å². The summed E-state index contributed by atoms with van der Waals surface area (Å²) >= 11 is 1.44. The molecule has 0 fully saturated rings. The van der Waals surface area contributed by atoms with Gasteiger partial charge >= 0.3 is 0 Å². The van der Waals surface area contributed by atoms with Gasteiger partial charge in [0.05, 0.1) is 22.9 Å². The molecule has 2 aromatic heterocycles. The van der Waals surface area contributed by atoms with Crippen molar-refractivity contribution in [2.45, 2.75) is 18.5 Å². The highest BCUT2D eigenvalue weighted by molar-refractivity contribution is 7.98. The van der Waals surface area contributed by atoms with Crippen LogP contribution in [0.15, 0.2) is 41.8 Å². The topological polar surface area (TPSA) is 86.7 Å². The lowest BCUT2D eigenvalue weighted by Gasteiger charge is -2.04. The van der Waals surface area contributed by atoms with E-state index >= 15 is 0 Å². The van der Waals surface area contributed by atoms with Crippen LogP contribution in [0, 0.1) is 15.9 Å². The minimum absolute atomic E-state index is 0.131. The van der Waals surface area contributed by atoms with E-state index < -0.39 is 10.7 Å². The van der Waals surface area contributed by atoms with Gasteiger partial charge in [0.1, 0.15) is 5.69 Å². The molecule has 25 heavy (non-hydrogen) atoms. The monoisotopic (exact) mass is 359 g/mol. The number of rotatable bonds is 5. The van der Waals surface area contributed by atoms with Crippen LogP contribution < -0.4 is 0 Å². The number of nitro groups is 1. The molecule has 0 aliphatic carbocycles. The van der Waals surface area contributed by atoms with Gasteiger partial charge in [0.25, 0.3) is 5.69 Å². The van der Waals surface area contributed by atoms with Crippen LogP contribution in [0.25, 0.3) is 16.9 Å². The van der Waals surface area contributed by atoms with Crippen molar-refractivity contribution in [3.05, 3.63) is 58.3 Å². The van der Waals surface area contributed by atoms with E-state index in [4.69, 9.17) is 0 Å². The van der Waals surface area contributed by atoms with Gasteiger partial charge in [-0.15, -0.1) is 0 Å². The second-order valence-corrected chi connectivity index (χ2v) is 5.92. The number of hydrogen-bond acceptors (Lipinski definition) is 6. The molecule has 0 N–H and O–H groups in total. The molecule has 0 aliphatic rings. The molecule has 9 heteroatoms. The molecular formula is C16H14FN5O2S. The Kier molecular flexibility index (Phi) is 4.75. The Bertz CT molecular complexity index is 922. The number of aromatic nitrogens is 4. The van der Waals surface area contributed by atoms with Crippen LogP contribution in [0.4, 0.5) is 10.1 Å². The van der Waals surface area contributed by atoms with E-state index in [0.29, 0.717) is 16.4 Å². The fraction of sp³-hybridized carbons (Fsp3) is 0.188. The summed E-state index contributed by atoms with van der Waals surface area (Å²) in [5.41, 5.74) is 2.15. The maximum Gasteiger partial charge on any atom is 0.272 e. The molecule has 0 saturated carbocycles. The van der Waals surface area contributed by atoms with Crippen molar-refractivity contribution in [2.75, 3.05) is 6.26 Å². The number of hydrogen-bond donors (Lipinski definition) is 0. The highest BCUT2D eigenvalue weighted by Crippen LogP contribution is 2.24. The van der Waals surface area contributed by atoms with Crippen LogP contribution in [0.2, 0.25) is 0 Å². The van der Waals surface area contributed by atoms with Gasteiger partial charge < -0.3 is 0 Å². The van der Waals surface area contributed by atoms with Gasteiger partial charge in [0.2, 0.25) is 0 Å². The SMILES string of the molecule is CCc1cc(-c2cnn(-c3ccc([N+](=O)[O-])cc3F)c2)nc(SC)n1. The van der Waals surface area contributed by atoms with E-state index in [-0.39, 0.29) is 11.4 Å². The smallest absolute Gasteiger partial charge is 0.258 e. The number of non-ortho nitro benzene ring substituents is 1. The average Bonchev–Trinajstić information content (AvgIpc) is 3.10. The molecule has 128 valence electrons. The van der Waals surface area contributed by atoms with Crippen LogP contribution in [-0.2, 0) is 6.42 Å². The summed E-state index contributed by atoms with van der Waals surface area (Å²) in [4.78, 5) is 18.9. The largest absolute Gasteiger partial charge is 0.272 e. The first-order valence-electron chi connectivity index (χ1n) is 7.43. The molecule has 0 amide bonds. The minimum Gasteiger partial charge on any atom is -0.258 e. The van der Waals surface area contributed by atoms with Crippen molar-refractivity contribution in [2.24, 2.45) is 0 Å². The van der Waals surface area contributed by atoms with Gasteiger partial charge in [-0.3, -0.25) is 10.1 Å². The Morgan fingerprint density at radius 3 is 2.76 bits per heavy atom. The van der Waals surface area contributed by atoms with Crippen LogP contribution in [0.3, 0.4) is 0 Å². The Balaban J connectivity index is 1.99. The summed E-state index contributed by atoms with van der Waals surface area (Å²) in [5.74, 6) is -0.717. The summed E-state index contributed by atoms with van der Waals surface area (Å²) in [6.45, 7) is 2.01. The molecular weight excluding hydrogens is 345 g/mol. The Morgan fingerprint density at radius 1 is 1.32 bits per heavy atom. The van der Waals surface area contributed by atoms with Crippen molar-refractivity contribution in [3.63, 3.8) is 0 Å². The van der Waals surface area contributed by atoms with Crippen molar-refractivity contribution in [3.8, 4) is 16.9 Å². The molecule has 0 spiro atoms. The molecule has 3 aromatic rings. The number of thioether (sulfide) groups is 1. The molecule has 2 heterocycles. The van der Waals surface area contributed by atoms with Gasteiger partial charge in [0.15, 0.2) is 11.0 Å². The summed E-state index contributed by atoms with van der Waals surface area (Å²) in [5, 5.41) is 15.5. The van der Waals surface area contributed by atoms with Gasteiger partial charge in [-0.2, -0.15) is 5.10 Å². The van der Waals surface area contributed by atoms with E-state index in [9.17, 15) is 14.5 Å². The van der Waals surface area contributed by atoms with Gasteiger partial charge in [-0.05, 0) is 24.8 Å². The first-order chi connectivity index (χ1) is 12.0. The number of halogens is 1. The second kappa shape index (κ2) is 6.98. The Hall–Kier alpha value is -2.81. The van der Waals surface area contributed by atoms with Crippen LogP contribution in [0.5, 0.6) is 0 Å². The predicted molar refractivity (Wildman–Crippen MR) is 92.4 cm³/mol. The molecule has 0 unspecified atom stereocenters. The standard InChI is InChI=1S/C16H14FN5O2S/c1-3-11-6-14(20-16(19-11)25-2)10-8-18-21(9-10)15-5-4-12(22(23)24)7-13(15)17/h4-9H,3H2,1-2H3. The highest BCUT2D eigenvalue weighted by Gasteiger charge is 2.14. The third-order valence-corrected chi connectivity index (χ3v) is 4.12. The summed E-state index contributed by atoms with van der Waals surface area (Å²) < 4.78 is 15.5. The van der Waals surface area contributed by atoms with Crippen molar-refractivity contribution in [1.82, 2.24) is 19.7 Å². The lowest BCUT2D eigenvalue weighted by Crippen LogP contribution is -1.99. The lowest BCUT2D eigenvalue weighted by atomic mass is 10.2. The van der Waals surface area contributed by atoms with Crippen LogP contribution in [0.1, 0.15) is 12.6 Å². The van der Waals surface area contributed by atoms with E-state index in [1.54, 1.807) is 12.4 Å². The van der Waals surface area contributed by atoms with Gasteiger partial charge in [-0.25, -0.2) is 19.0 Å². The van der Waals surface area contributed by atoms with Crippen LogP contribution in [-0.4, -0.2) is 30.9 Å². The quantitative estimate of drug-likeness (QED) is 0.299. The predicted octanol–water partition coefficient (Wildman–Crippen LogP) is 3.66. The highest BCUT2D eigenvalue weighted by atomic mass is 32.2. The zero-order chi connectivity index (χ0) is 18.0. The fourth-order valence-electron chi connectivity index (χ4n) is 2.28. The molecule has 0 bridgehead atoms. The Morgan fingerprint density at radius 2 is 2.12 bits per heavy atom. The zero-order valence-electron chi connectivity index (χ0n) is 13.5. The van der Waals surface area contributed by atoms with E-state index in [0.717, 1.165) is 18.2 Å². The molecule has 0 radical (unpaired) electrons. The molecule has 1 aromatic carbocycles. The lowest BCUT2D eigenvalue weighted by molar-refractivity contribution is -0.385. The first-order valence-corrected chi connectivity index (χ1v) is 8.65. The van der Waals surface area contributed by atoms with E-state index in [1.807, 2.05) is 19.2 Å². The molecule has 0 saturated heterocycles. The number of benzene rings is 1. The molecule has 7 nitrogen and oxygen atoms in total. The third kappa shape index (κ3) is 3.50. The minimum atomic E-state index is -0.717. The van der Waals surface area contributed by atoms with E-state index in [1.165, 1.54) is 28.6 Å². The summed E-state index contributed by atoms with van der Waals surface area (Å²) in [6, 6.07) is 5.32. The maximum atomic E-state index is 14.2. The molecule has 0 aliphatic heterocycles. The molecule has 0 atom stereocenters. The number of aryl methyl sites for hydroxylation is 1. The third-order valence-electron chi connectivity index (χ3n) is 3.57. The van der Waals surface area contributed by atoms with Crippen molar-refractivity contribution in [1.29, 1.82) is 0 Å². The van der Waals surface area contributed by atoms with Gasteiger partial charge in [0, 0.05) is 23.5 Å². The zero-order valence-corrected chi connectivity index (χ0v) is 14.3. The van der Waals surface area contributed by atoms with E-state index in [2.05, 4.69) is 15.1 Å². The number of nitro benzene ring substituents is 1. The first kappa shape index (κ1) is 17.0. The van der Waals surface area contributed by atoms with Gasteiger partial charge in [-0.1, -0.05) is 18.7 Å².